The summed E-state index contributed by atoms with van der Waals surface area (Å²) in [5.41, 5.74) is 7.17. The van der Waals surface area contributed by atoms with Crippen LogP contribution in [0.5, 0.6) is 0 Å². The second kappa shape index (κ2) is 7.35. The molecule has 1 aromatic rings. The number of carbonyl (C=O) groups is 3. The summed E-state index contributed by atoms with van der Waals surface area (Å²) in [5, 5.41) is 11.7. The summed E-state index contributed by atoms with van der Waals surface area (Å²) in [7, 11) is 0. The van der Waals surface area contributed by atoms with Crippen LogP contribution < -0.4 is 11.1 Å². The van der Waals surface area contributed by atoms with E-state index in [1.807, 2.05) is 6.07 Å². The molecule has 4 N–H and O–H groups in total. The van der Waals surface area contributed by atoms with Crippen molar-refractivity contribution in [2.45, 2.75) is 24.4 Å². The summed E-state index contributed by atoms with van der Waals surface area (Å²) in [6.07, 6.45) is 3.43. The van der Waals surface area contributed by atoms with Crippen molar-refractivity contribution in [3.8, 4) is 0 Å². The number of hydrogen-bond acceptors (Lipinski definition) is 5. The molecule has 1 fully saturated rings. The number of amides is 2. The highest BCUT2D eigenvalue weighted by molar-refractivity contribution is 8.00. The molecule has 0 aromatic heterocycles. The van der Waals surface area contributed by atoms with Gasteiger partial charge in [-0.05, 0) is 18.1 Å². The van der Waals surface area contributed by atoms with Crippen LogP contribution in [-0.2, 0) is 14.4 Å². The molecule has 0 aliphatic carbocycles. The number of nitrogens with zero attached hydrogens (tertiary/aromatic N) is 1. The van der Waals surface area contributed by atoms with Gasteiger partial charge in [-0.25, -0.2) is 4.79 Å². The lowest BCUT2D eigenvalue weighted by Gasteiger charge is -2.49. The van der Waals surface area contributed by atoms with Crippen LogP contribution in [0.25, 0.3) is 0 Å². The van der Waals surface area contributed by atoms with Crippen LogP contribution in [0, 0.1) is 0 Å². The Labute approximate surface area is 154 Å². The highest BCUT2D eigenvalue weighted by atomic mass is 32.2. The number of rotatable bonds is 5. The first-order valence-electron chi connectivity index (χ1n) is 8.10. The topological polar surface area (TPSA) is 113 Å². The zero-order chi connectivity index (χ0) is 18.8. The molecule has 0 spiro atoms. The molecule has 3 atom stereocenters. The van der Waals surface area contributed by atoms with Crippen LogP contribution in [-0.4, -0.2) is 45.0 Å². The first-order chi connectivity index (χ1) is 12.5. The van der Waals surface area contributed by atoms with E-state index < -0.39 is 35.2 Å². The monoisotopic (exact) mass is 373 g/mol. The van der Waals surface area contributed by atoms with Crippen molar-refractivity contribution in [1.29, 1.82) is 0 Å². The van der Waals surface area contributed by atoms with Gasteiger partial charge in [0.1, 0.15) is 23.2 Å². The molecule has 3 rings (SSSR count). The second-order valence-corrected chi connectivity index (χ2v) is 7.07. The molecule has 2 aliphatic heterocycles. The molecule has 0 saturated carbocycles. The van der Waals surface area contributed by atoms with Crippen LogP contribution in [0.15, 0.2) is 53.8 Å². The fraction of sp³-hybridized carbons (Fsp3) is 0.278. The van der Waals surface area contributed by atoms with Gasteiger partial charge in [-0.2, -0.15) is 0 Å². The maximum Gasteiger partial charge on any atom is 0.352 e. The van der Waals surface area contributed by atoms with Gasteiger partial charge in [0.2, 0.25) is 5.91 Å². The van der Waals surface area contributed by atoms with Crippen molar-refractivity contribution in [3.63, 3.8) is 0 Å². The van der Waals surface area contributed by atoms with E-state index in [2.05, 4.69) is 5.32 Å². The third kappa shape index (κ3) is 3.13. The van der Waals surface area contributed by atoms with E-state index in [0.717, 1.165) is 0 Å². The Morgan fingerprint density at radius 1 is 1.38 bits per heavy atom. The quantitative estimate of drug-likeness (QED) is 0.664. The fourth-order valence-corrected chi connectivity index (χ4v) is 4.35. The number of allylic oxidation sites excluding steroid dienone is 2. The van der Waals surface area contributed by atoms with Gasteiger partial charge in [-0.3, -0.25) is 14.5 Å². The number of hydrogen-bond donors (Lipinski definition) is 3. The molecule has 0 bridgehead atoms. The molecular weight excluding hydrogens is 354 g/mol. The van der Waals surface area contributed by atoms with Gasteiger partial charge in [0.05, 0.1) is 0 Å². The molecule has 8 heteroatoms. The molecule has 2 aliphatic rings. The minimum Gasteiger partial charge on any atom is -0.477 e. The van der Waals surface area contributed by atoms with E-state index in [-0.39, 0.29) is 5.70 Å². The van der Waals surface area contributed by atoms with Gasteiger partial charge in [-0.1, -0.05) is 42.5 Å². The summed E-state index contributed by atoms with van der Waals surface area (Å²) in [6.45, 7) is 1.79. The van der Waals surface area contributed by atoms with Gasteiger partial charge in [0.25, 0.3) is 5.91 Å². The Kier molecular flexibility index (Phi) is 5.15. The number of thioether (sulfide) groups is 1. The molecule has 1 saturated heterocycles. The van der Waals surface area contributed by atoms with Gasteiger partial charge < -0.3 is 16.2 Å². The molecule has 136 valence electrons. The zero-order valence-electron chi connectivity index (χ0n) is 14.1. The Morgan fingerprint density at radius 3 is 2.69 bits per heavy atom. The average Bonchev–Trinajstić information content (AvgIpc) is 2.65. The van der Waals surface area contributed by atoms with E-state index in [1.165, 1.54) is 16.7 Å². The van der Waals surface area contributed by atoms with Crippen LogP contribution in [0.4, 0.5) is 0 Å². The highest BCUT2D eigenvalue weighted by Gasteiger charge is 2.54. The average molecular weight is 373 g/mol. The lowest BCUT2D eigenvalue weighted by atomic mass is 10.0. The van der Waals surface area contributed by atoms with Crippen molar-refractivity contribution in [1.82, 2.24) is 10.2 Å². The van der Waals surface area contributed by atoms with E-state index in [9.17, 15) is 19.5 Å². The lowest BCUT2D eigenvalue weighted by Crippen LogP contribution is -2.71. The van der Waals surface area contributed by atoms with Gasteiger partial charge >= 0.3 is 5.97 Å². The summed E-state index contributed by atoms with van der Waals surface area (Å²) in [6, 6.07) is 7.20. The number of carboxylic acid groups (broad SMARTS) is 1. The summed E-state index contributed by atoms with van der Waals surface area (Å²) in [5.74, 6) is -1.59. The van der Waals surface area contributed by atoms with E-state index >= 15 is 0 Å². The van der Waals surface area contributed by atoms with E-state index in [4.69, 9.17) is 5.73 Å². The lowest BCUT2D eigenvalue weighted by molar-refractivity contribution is -0.150. The molecule has 2 amide bonds. The Morgan fingerprint density at radius 2 is 2.08 bits per heavy atom. The normalized spacial score (nSPS) is 23.5. The van der Waals surface area contributed by atoms with Crippen LogP contribution in [0.3, 0.4) is 0 Å². The number of fused-ring (bicyclic) bond motifs is 1. The number of benzene rings is 1. The van der Waals surface area contributed by atoms with Crippen LogP contribution >= 0.6 is 11.8 Å². The van der Waals surface area contributed by atoms with E-state index in [0.29, 0.717) is 16.9 Å². The maximum atomic E-state index is 12.5. The molecular formula is C18H19N3O4S. The number of carboxylic acids is 1. The minimum absolute atomic E-state index is 0.0188. The molecule has 0 unspecified atom stereocenters. The third-order valence-corrected chi connectivity index (χ3v) is 5.61. The highest BCUT2D eigenvalue weighted by Crippen LogP contribution is 2.40. The minimum atomic E-state index is -1.15. The van der Waals surface area contributed by atoms with Crippen LogP contribution in [0.1, 0.15) is 18.5 Å². The smallest absolute Gasteiger partial charge is 0.352 e. The number of aliphatic carboxylic acids is 1. The number of nitrogens with one attached hydrogen (secondary N) is 1. The molecule has 26 heavy (non-hydrogen) atoms. The Hall–Kier alpha value is -2.58. The van der Waals surface area contributed by atoms with Crippen LogP contribution in [0.2, 0.25) is 0 Å². The standard InChI is InChI=1S/C18H19N3O4S/c1-2-6-11-9-26-17-13(16(23)21(17)14(11)18(24)25)20-15(22)12(19)10-7-4-3-5-8-10/h2-8,12-13,17H,9,19H2,1H3,(H,20,22)(H,24,25)/b6-2+/t12-,13-,17-/m1/s1. The summed E-state index contributed by atoms with van der Waals surface area (Å²) < 4.78 is 0. The van der Waals surface area contributed by atoms with Crippen molar-refractivity contribution in [2.75, 3.05) is 5.75 Å². The van der Waals surface area contributed by atoms with Crippen molar-refractivity contribution >= 4 is 29.5 Å². The fourth-order valence-electron chi connectivity index (χ4n) is 3.03. The number of carbonyl (C=O) groups excluding carboxylic acids is 2. The first kappa shape index (κ1) is 18.2. The van der Waals surface area contributed by atoms with E-state index in [1.54, 1.807) is 43.3 Å². The predicted octanol–water partition coefficient (Wildman–Crippen LogP) is 1.00. The Balaban J connectivity index is 1.75. The SMILES string of the molecule is C/C=C/C1=C(C(=O)O)N2C(=O)[C@@H](NC(=O)[C@H](N)c3ccccc3)[C@H]2SC1. The third-order valence-electron chi connectivity index (χ3n) is 4.31. The van der Waals surface area contributed by atoms with Gasteiger partial charge in [-0.15, -0.1) is 11.8 Å². The van der Waals surface area contributed by atoms with Gasteiger partial charge in [0.15, 0.2) is 0 Å². The van der Waals surface area contributed by atoms with Crippen molar-refractivity contribution in [3.05, 3.63) is 59.3 Å². The first-order valence-corrected chi connectivity index (χ1v) is 9.15. The molecule has 7 nitrogen and oxygen atoms in total. The summed E-state index contributed by atoms with van der Waals surface area (Å²) >= 11 is 1.42. The maximum absolute atomic E-state index is 12.5. The number of nitrogens with two attached hydrogens (primary N) is 1. The zero-order valence-corrected chi connectivity index (χ0v) is 14.9. The van der Waals surface area contributed by atoms with Crippen molar-refractivity contribution in [2.24, 2.45) is 5.73 Å². The summed E-state index contributed by atoms with van der Waals surface area (Å²) in [4.78, 5) is 37.7. The Bertz CT molecular complexity index is 806. The number of β-lactam (4-membered cyclic amide) rings is 1. The molecule has 2 heterocycles. The molecule has 0 radical (unpaired) electrons. The molecule has 1 aromatic carbocycles. The largest absolute Gasteiger partial charge is 0.477 e. The predicted molar refractivity (Wildman–Crippen MR) is 97.9 cm³/mol. The second-order valence-electron chi connectivity index (χ2n) is 5.96. The van der Waals surface area contributed by atoms with Crippen molar-refractivity contribution < 1.29 is 19.5 Å². The van der Waals surface area contributed by atoms with Gasteiger partial charge in [0, 0.05) is 5.75 Å².